The maximum Gasteiger partial charge on any atom is 0.332 e. The van der Waals surface area contributed by atoms with Gasteiger partial charge in [0, 0.05) is 37.7 Å². The molecule has 142 valence electrons. The molecule has 1 fully saturated rings. The molecule has 0 aliphatic carbocycles. The minimum Gasteiger partial charge on any atom is -0.341 e. The monoisotopic (exact) mass is 432 g/mol. The molecule has 2 N–H and O–H groups in total. The minimum absolute atomic E-state index is 0.0772. The van der Waals surface area contributed by atoms with Gasteiger partial charge in [-0.25, -0.2) is 4.79 Å². The summed E-state index contributed by atoms with van der Waals surface area (Å²) >= 11 is 3.58. The number of fused-ring (bicyclic) bond motifs is 1. The van der Waals surface area contributed by atoms with Crippen LogP contribution in [0.5, 0.6) is 0 Å². The van der Waals surface area contributed by atoms with Crippen LogP contribution in [0.4, 0.5) is 5.95 Å². The van der Waals surface area contributed by atoms with E-state index in [1.165, 1.54) is 11.6 Å². The highest BCUT2D eigenvalue weighted by molar-refractivity contribution is 9.10. The van der Waals surface area contributed by atoms with E-state index in [2.05, 4.69) is 25.8 Å². The summed E-state index contributed by atoms with van der Waals surface area (Å²) in [7, 11) is 3.13. The van der Waals surface area contributed by atoms with Crippen LogP contribution < -0.4 is 21.9 Å². The first kappa shape index (κ1) is 18.0. The zero-order valence-electron chi connectivity index (χ0n) is 15.2. The Morgan fingerprint density at radius 2 is 1.96 bits per heavy atom. The second kappa shape index (κ2) is 6.65. The molecular formula is C18H21BrN6O2. The largest absolute Gasteiger partial charge is 0.341 e. The van der Waals surface area contributed by atoms with Crippen LogP contribution in [-0.4, -0.2) is 37.8 Å². The van der Waals surface area contributed by atoms with Crippen LogP contribution in [-0.2, 0) is 20.6 Å². The van der Waals surface area contributed by atoms with Crippen LogP contribution >= 0.6 is 15.9 Å². The van der Waals surface area contributed by atoms with E-state index >= 15 is 0 Å². The molecule has 0 saturated carbocycles. The molecular weight excluding hydrogens is 412 g/mol. The number of anilines is 1. The highest BCUT2D eigenvalue weighted by atomic mass is 79.9. The number of nitrogens with zero attached hydrogens (tertiary/aromatic N) is 5. The van der Waals surface area contributed by atoms with Gasteiger partial charge >= 0.3 is 5.69 Å². The first-order valence-electron chi connectivity index (χ1n) is 8.78. The van der Waals surface area contributed by atoms with Gasteiger partial charge in [0.25, 0.3) is 5.56 Å². The summed E-state index contributed by atoms with van der Waals surface area (Å²) in [6.07, 6.45) is 0.870. The predicted octanol–water partition coefficient (Wildman–Crippen LogP) is 0.782. The Morgan fingerprint density at radius 1 is 1.22 bits per heavy atom. The number of halogens is 1. The number of hydrogen-bond donors (Lipinski definition) is 1. The quantitative estimate of drug-likeness (QED) is 0.660. The molecule has 4 rings (SSSR count). The second-order valence-electron chi connectivity index (χ2n) is 6.96. The van der Waals surface area contributed by atoms with Gasteiger partial charge in [-0.1, -0.05) is 34.1 Å². The molecule has 1 atom stereocenters. The molecule has 9 heteroatoms. The lowest BCUT2D eigenvalue weighted by atomic mass is 10.2. The molecule has 1 aliphatic heterocycles. The molecule has 1 aromatic carbocycles. The Balaban J connectivity index is 2.00. The van der Waals surface area contributed by atoms with Gasteiger partial charge in [0.2, 0.25) is 5.95 Å². The lowest BCUT2D eigenvalue weighted by Gasteiger charge is -2.19. The molecule has 27 heavy (non-hydrogen) atoms. The molecule has 0 unspecified atom stereocenters. The van der Waals surface area contributed by atoms with E-state index in [1.807, 2.05) is 28.8 Å². The average molecular weight is 433 g/mol. The van der Waals surface area contributed by atoms with Crippen molar-refractivity contribution in [3.05, 3.63) is 55.1 Å². The fraction of sp³-hybridized carbons (Fsp3) is 0.389. The van der Waals surface area contributed by atoms with Crippen molar-refractivity contribution in [2.75, 3.05) is 18.0 Å². The van der Waals surface area contributed by atoms with Gasteiger partial charge in [-0.05, 0) is 18.1 Å². The zero-order chi connectivity index (χ0) is 19.3. The van der Waals surface area contributed by atoms with E-state index in [1.54, 1.807) is 7.05 Å². The van der Waals surface area contributed by atoms with Crippen molar-refractivity contribution >= 4 is 33.0 Å². The number of hydrogen-bond acceptors (Lipinski definition) is 5. The first-order chi connectivity index (χ1) is 12.9. The lowest BCUT2D eigenvalue weighted by molar-refractivity contribution is 0.701. The summed E-state index contributed by atoms with van der Waals surface area (Å²) in [5.41, 5.74) is 7.19. The molecule has 1 saturated heterocycles. The van der Waals surface area contributed by atoms with E-state index in [0.29, 0.717) is 30.2 Å². The number of nitrogens with two attached hydrogens (primary N) is 1. The molecule has 0 bridgehead atoms. The summed E-state index contributed by atoms with van der Waals surface area (Å²) in [4.78, 5) is 32.0. The summed E-state index contributed by atoms with van der Waals surface area (Å²) in [5.74, 6) is 0.673. The van der Waals surface area contributed by atoms with E-state index < -0.39 is 0 Å². The van der Waals surface area contributed by atoms with Crippen LogP contribution in [0.2, 0.25) is 0 Å². The zero-order valence-corrected chi connectivity index (χ0v) is 16.8. The van der Waals surface area contributed by atoms with Gasteiger partial charge in [-0.15, -0.1) is 0 Å². The van der Waals surface area contributed by atoms with E-state index in [-0.39, 0.29) is 17.3 Å². The Kier molecular flexibility index (Phi) is 4.43. The molecule has 0 amide bonds. The molecule has 3 aromatic rings. The molecule has 8 nitrogen and oxygen atoms in total. The number of rotatable bonds is 3. The molecule has 1 aliphatic rings. The summed E-state index contributed by atoms with van der Waals surface area (Å²) in [5, 5.41) is 0. The normalized spacial score (nSPS) is 17.2. The van der Waals surface area contributed by atoms with Crippen molar-refractivity contribution in [1.29, 1.82) is 0 Å². The third-order valence-electron chi connectivity index (χ3n) is 5.12. The molecule has 2 aromatic heterocycles. The fourth-order valence-corrected chi connectivity index (χ4v) is 4.00. The number of aromatic nitrogens is 4. The average Bonchev–Trinajstić information content (AvgIpc) is 3.24. The topological polar surface area (TPSA) is 91.1 Å². The van der Waals surface area contributed by atoms with Crippen LogP contribution in [0.3, 0.4) is 0 Å². The van der Waals surface area contributed by atoms with Crippen molar-refractivity contribution in [3.8, 4) is 0 Å². The fourth-order valence-electron chi connectivity index (χ4n) is 3.59. The molecule has 0 spiro atoms. The van der Waals surface area contributed by atoms with Crippen molar-refractivity contribution < 1.29 is 0 Å². The van der Waals surface area contributed by atoms with Gasteiger partial charge in [0.05, 0.1) is 6.54 Å². The van der Waals surface area contributed by atoms with Gasteiger partial charge in [-0.2, -0.15) is 4.98 Å². The summed E-state index contributed by atoms with van der Waals surface area (Å²) < 4.78 is 5.40. The minimum atomic E-state index is -0.386. The Labute approximate surface area is 164 Å². The summed E-state index contributed by atoms with van der Waals surface area (Å²) in [6.45, 7) is 1.91. The standard InChI is InChI=1S/C18H21BrN6O2/c1-22-15-14(16(26)23(2)18(22)27)25(9-11-5-3-4-6-13(11)19)17(21-15)24-8-7-12(20)10-24/h3-6,12H,7-10,20H2,1-2H3/t12-/m0/s1. The van der Waals surface area contributed by atoms with Crippen LogP contribution in [0, 0.1) is 0 Å². The van der Waals surface area contributed by atoms with Crippen molar-refractivity contribution in [2.45, 2.75) is 19.0 Å². The molecule has 3 heterocycles. The van der Waals surface area contributed by atoms with Crippen LogP contribution in [0.15, 0.2) is 38.3 Å². The SMILES string of the molecule is Cn1c(=O)c2c(nc(N3CC[C@H](N)C3)n2Cc2ccccc2Br)n(C)c1=O. The smallest absolute Gasteiger partial charge is 0.332 e. The van der Waals surface area contributed by atoms with Gasteiger partial charge < -0.3 is 10.6 Å². The summed E-state index contributed by atoms with van der Waals surface area (Å²) in [6, 6.07) is 7.95. The number of imidazole rings is 1. The molecule has 0 radical (unpaired) electrons. The van der Waals surface area contributed by atoms with E-state index in [4.69, 9.17) is 5.73 Å². The Bertz CT molecular complexity index is 1150. The Morgan fingerprint density at radius 3 is 2.63 bits per heavy atom. The van der Waals surface area contributed by atoms with E-state index in [9.17, 15) is 9.59 Å². The van der Waals surface area contributed by atoms with Crippen LogP contribution in [0.1, 0.15) is 12.0 Å². The lowest BCUT2D eigenvalue weighted by Crippen LogP contribution is -2.37. The first-order valence-corrected chi connectivity index (χ1v) is 9.58. The highest BCUT2D eigenvalue weighted by Crippen LogP contribution is 2.26. The highest BCUT2D eigenvalue weighted by Gasteiger charge is 2.27. The van der Waals surface area contributed by atoms with Crippen molar-refractivity contribution in [3.63, 3.8) is 0 Å². The maximum absolute atomic E-state index is 12.9. The predicted molar refractivity (Wildman–Crippen MR) is 108 cm³/mol. The number of benzene rings is 1. The van der Waals surface area contributed by atoms with Gasteiger partial charge in [-0.3, -0.25) is 18.5 Å². The third kappa shape index (κ3) is 2.90. The van der Waals surface area contributed by atoms with Crippen molar-refractivity contribution in [2.24, 2.45) is 19.8 Å². The Hall–Kier alpha value is -2.39. The third-order valence-corrected chi connectivity index (χ3v) is 5.90. The van der Waals surface area contributed by atoms with E-state index in [0.717, 1.165) is 27.6 Å². The van der Waals surface area contributed by atoms with Gasteiger partial charge in [0.1, 0.15) is 0 Å². The second-order valence-corrected chi connectivity index (χ2v) is 7.82. The van der Waals surface area contributed by atoms with Crippen molar-refractivity contribution in [1.82, 2.24) is 18.7 Å². The van der Waals surface area contributed by atoms with Gasteiger partial charge in [0.15, 0.2) is 11.2 Å². The number of aryl methyl sites for hydroxylation is 1. The maximum atomic E-state index is 12.9. The van der Waals surface area contributed by atoms with Crippen LogP contribution in [0.25, 0.3) is 11.2 Å².